The van der Waals surface area contributed by atoms with Gasteiger partial charge in [-0.1, -0.05) is 13.0 Å². The molecule has 7 heteroatoms. The van der Waals surface area contributed by atoms with E-state index in [-0.39, 0.29) is 17.8 Å². The molecule has 1 heterocycles. The number of anilines is 2. The highest BCUT2D eigenvalue weighted by molar-refractivity contribution is 7.93. The number of amides is 2. The summed E-state index contributed by atoms with van der Waals surface area (Å²) in [7, 11) is -3.21. The molecule has 2 amide bonds. The van der Waals surface area contributed by atoms with Crippen molar-refractivity contribution in [1.82, 2.24) is 5.32 Å². The molecular formula is C17H25N3O3S. The fraction of sp³-hybridized carbons (Fsp3) is 0.588. The van der Waals surface area contributed by atoms with Gasteiger partial charge in [0.15, 0.2) is 0 Å². The van der Waals surface area contributed by atoms with Crippen LogP contribution in [0.25, 0.3) is 0 Å². The smallest absolute Gasteiger partial charge is 0.319 e. The van der Waals surface area contributed by atoms with Gasteiger partial charge in [0, 0.05) is 18.3 Å². The summed E-state index contributed by atoms with van der Waals surface area (Å²) in [6.45, 7) is 2.74. The van der Waals surface area contributed by atoms with Crippen LogP contribution in [0.3, 0.4) is 0 Å². The lowest BCUT2D eigenvalue weighted by Crippen LogP contribution is -2.39. The zero-order valence-electron chi connectivity index (χ0n) is 14.0. The Morgan fingerprint density at radius 2 is 1.96 bits per heavy atom. The molecule has 24 heavy (non-hydrogen) atoms. The first-order valence-electron chi connectivity index (χ1n) is 8.62. The van der Waals surface area contributed by atoms with Crippen LogP contribution in [0, 0.1) is 5.92 Å². The van der Waals surface area contributed by atoms with Gasteiger partial charge in [-0.15, -0.1) is 0 Å². The van der Waals surface area contributed by atoms with Gasteiger partial charge in [-0.05, 0) is 56.2 Å². The highest BCUT2D eigenvalue weighted by atomic mass is 32.2. The Labute approximate surface area is 143 Å². The van der Waals surface area contributed by atoms with E-state index in [0.717, 1.165) is 31.6 Å². The molecule has 132 valence electrons. The molecule has 1 aromatic rings. The molecule has 2 N–H and O–H groups in total. The predicted molar refractivity (Wildman–Crippen MR) is 95.8 cm³/mol. The highest BCUT2D eigenvalue weighted by Crippen LogP contribution is 2.27. The average molecular weight is 351 g/mol. The summed E-state index contributed by atoms with van der Waals surface area (Å²) < 4.78 is 25.4. The first kappa shape index (κ1) is 17.1. The number of sulfonamides is 1. The zero-order valence-corrected chi connectivity index (χ0v) is 14.8. The monoisotopic (exact) mass is 351 g/mol. The van der Waals surface area contributed by atoms with Crippen LogP contribution in [0.4, 0.5) is 16.2 Å². The van der Waals surface area contributed by atoms with Gasteiger partial charge in [-0.25, -0.2) is 13.2 Å². The Morgan fingerprint density at radius 1 is 1.21 bits per heavy atom. The van der Waals surface area contributed by atoms with E-state index in [9.17, 15) is 13.2 Å². The number of urea groups is 1. The standard InChI is InChI=1S/C17H25N3O3S/c1-13-6-8-14(9-7-13)18-17(21)19-15-4-2-5-16(12-15)20-10-3-11-24(20,22)23/h2,4-5,12-14H,3,6-11H2,1H3,(H2,18,19,21). The average Bonchev–Trinajstić information content (AvgIpc) is 2.89. The third kappa shape index (κ3) is 4.01. The summed E-state index contributed by atoms with van der Waals surface area (Å²) >= 11 is 0. The molecule has 6 nitrogen and oxygen atoms in total. The van der Waals surface area contributed by atoms with Gasteiger partial charge < -0.3 is 10.6 Å². The van der Waals surface area contributed by atoms with Crippen molar-refractivity contribution in [3.8, 4) is 0 Å². The molecular weight excluding hydrogens is 326 g/mol. The molecule has 1 saturated heterocycles. The number of carbonyl (C=O) groups is 1. The van der Waals surface area contributed by atoms with Crippen molar-refractivity contribution in [1.29, 1.82) is 0 Å². The summed E-state index contributed by atoms with van der Waals surface area (Å²) in [5.41, 5.74) is 1.22. The number of nitrogens with zero attached hydrogens (tertiary/aromatic N) is 1. The van der Waals surface area contributed by atoms with Crippen molar-refractivity contribution in [3.05, 3.63) is 24.3 Å². The minimum absolute atomic E-state index is 0.186. The summed E-state index contributed by atoms with van der Waals surface area (Å²) in [4.78, 5) is 12.2. The molecule has 1 saturated carbocycles. The minimum atomic E-state index is -3.21. The maximum absolute atomic E-state index is 12.2. The van der Waals surface area contributed by atoms with Crippen molar-refractivity contribution in [2.24, 2.45) is 5.92 Å². The first-order chi connectivity index (χ1) is 11.4. The number of hydrogen-bond acceptors (Lipinski definition) is 3. The second kappa shape index (κ2) is 7.01. The fourth-order valence-corrected chi connectivity index (χ4v) is 4.98. The maximum atomic E-state index is 12.2. The van der Waals surface area contributed by atoms with E-state index in [2.05, 4.69) is 17.6 Å². The molecule has 1 aromatic carbocycles. The third-order valence-electron chi connectivity index (χ3n) is 4.84. The summed E-state index contributed by atoms with van der Waals surface area (Å²) in [5.74, 6) is 0.927. The summed E-state index contributed by atoms with van der Waals surface area (Å²) in [6, 6.07) is 7.01. The Hall–Kier alpha value is -1.76. The second-order valence-corrected chi connectivity index (χ2v) is 8.86. The van der Waals surface area contributed by atoms with E-state index in [1.165, 1.54) is 4.31 Å². The predicted octanol–water partition coefficient (Wildman–Crippen LogP) is 2.93. The molecule has 0 spiro atoms. The zero-order chi connectivity index (χ0) is 17.2. The van der Waals surface area contributed by atoms with E-state index in [4.69, 9.17) is 0 Å². The van der Waals surface area contributed by atoms with Gasteiger partial charge in [-0.3, -0.25) is 4.31 Å². The van der Waals surface area contributed by atoms with E-state index < -0.39 is 10.0 Å². The van der Waals surface area contributed by atoms with Crippen LogP contribution >= 0.6 is 0 Å². The summed E-state index contributed by atoms with van der Waals surface area (Å²) in [5, 5.41) is 5.83. The lowest BCUT2D eigenvalue weighted by molar-refractivity contribution is 0.239. The van der Waals surface area contributed by atoms with Crippen LogP contribution in [0.1, 0.15) is 39.0 Å². The molecule has 1 aliphatic heterocycles. The first-order valence-corrected chi connectivity index (χ1v) is 10.2. The van der Waals surface area contributed by atoms with Gasteiger partial charge in [0.05, 0.1) is 11.4 Å². The third-order valence-corrected chi connectivity index (χ3v) is 6.71. The van der Waals surface area contributed by atoms with Crippen LogP contribution in [0.5, 0.6) is 0 Å². The molecule has 2 fully saturated rings. The SMILES string of the molecule is CC1CCC(NC(=O)Nc2cccc(N3CCCS3(=O)=O)c2)CC1. The fourth-order valence-electron chi connectivity index (χ4n) is 3.43. The van der Waals surface area contributed by atoms with Crippen LogP contribution in [-0.4, -0.2) is 32.8 Å². The van der Waals surface area contributed by atoms with Gasteiger partial charge in [0.2, 0.25) is 10.0 Å². The maximum Gasteiger partial charge on any atom is 0.319 e. The van der Waals surface area contributed by atoms with Crippen molar-refractivity contribution in [2.45, 2.75) is 45.1 Å². The number of carbonyl (C=O) groups excluding carboxylic acids is 1. The van der Waals surface area contributed by atoms with Crippen LogP contribution in [0.15, 0.2) is 24.3 Å². The van der Waals surface area contributed by atoms with Crippen molar-refractivity contribution in [3.63, 3.8) is 0 Å². The molecule has 0 atom stereocenters. The van der Waals surface area contributed by atoms with Crippen molar-refractivity contribution < 1.29 is 13.2 Å². The number of hydrogen-bond donors (Lipinski definition) is 2. The molecule has 0 aromatic heterocycles. The van der Waals surface area contributed by atoms with E-state index in [0.29, 0.717) is 24.3 Å². The number of nitrogens with one attached hydrogen (secondary N) is 2. The van der Waals surface area contributed by atoms with Gasteiger partial charge in [-0.2, -0.15) is 0 Å². The largest absolute Gasteiger partial charge is 0.335 e. The topological polar surface area (TPSA) is 78.5 Å². The number of rotatable bonds is 3. The normalized spacial score (nSPS) is 26.1. The molecule has 0 radical (unpaired) electrons. The Balaban J connectivity index is 1.61. The quantitative estimate of drug-likeness (QED) is 0.879. The van der Waals surface area contributed by atoms with E-state index >= 15 is 0 Å². The molecule has 3 rings (SSSR count). The Kier molecular flexibility index (Phi) is 4.99. The van der Waals surface area contributed by atoms with Crippen LogP contribution < -0.4 is 14.9 Å². The summed E-state index contributed by atoms with van der Waals surface area (Å²) in [6.07, 6.45) is 4.96. The van der Waals surface area contributed by atoms with Gasteiger partial charge in [0.1, 0.15) is 0 Å². The molecule has 2 aliphatic rings. The minimum Gasteiger partial charge on any atom is -0.335 e. The molecule has 0 bridgehead atoms. The van der Waals surface area contributed by atoms with Gasteiger partial charge in [0.25, 0.3) is 0 Å². The second-order valence-electron chi connectivity index (χ2n) is 6.85. The lowest BCUT2D eigenvalue weighted by atomic mass is 9.87. The van der Waals surface area contributed by atoms with Gasteiger partial charge >= 0.3 is 6.03 Å². The molecule has 0 unspecified atom stereocenters. The van der Waals surface area contributed by atoms with Crippen molar-refractivity contribution in [2.75, 3.05) is 21.9 Å². The lowest BCUT2D eigenvalue weighted by Gasteiger charge is -2.27. The van der Waals surface area contributed by atoms with E-state index in [1.807, 2.05) is 0 Å². The van der Waals surface area contributed by atoms with Crippen LogP contribution in [-0.2, 0) is 10.0 Å². The van der Waals surface area contributed by atoms with Crippen molar-refractivity contribution >= 4 is 27.4 Å². The van der Waals surface area contributed by atoms with Crippen LogP contribution in [0.2, 0.25) is 0 Å². The Bertz CT molecular complexity index is 697. The molecule has 1 aliphatic carbocycles. The van der Waals surface area contributed by atoms with E-state index in [1.54, 1.807) is 24.3 Å². The highest BCUT2D eigenvalue weighted by Gasteiger charge is 2.28. The Morgan fingerprint density at radius 3 is 2.62 bits per heavy atom. The number of benzene rings is 1.